The number of phenolic OH excluding ortho intramolecular Hbond substituents is 1. The lowest BCUT2D eigenvalue weighted by molar-refractivity contribution is -0.115. The molecule has 0 aliphatic carbocycles. The summed E-state index contributed by atoms with van der Waals surface area (Å²) >= 11 is 3.19. The molecular formula is C9H9BrN2O2. The minimum absolute atomic E-state index is 0.0122. The van der Waals surface area contributed by atoms with Gasteiger partial charge in [-0.2, -0.15) is 4.99 Å². The number of phenols is 1. The van der Waals surface area contributed by atoms with Crippen molar-refractivity contribution in [3.05, 3.63) is 28.2 Å². The number of amidine groups is 1. The van der Waals surface area contributed by atoms with Crippen molar-refractivity contribution >= 4 is 27.7 Å². The summed E-state index contributed by atoms with van der Waals surface area (Å²) in [5.41, 5.74) is 5.85. The van der Waals surface area contributed by atoms with Gasteiger partial charge in [-0.15, -0.1) is 0 Å². The Balaban J connectivity index is 3.14. The molecule has 0 bridgehead atoms. The van der Waals surface area contributed by atoms with Crippen molar-refractivity contribution in [1.29, 1.82) is 0 Å². The summed E-state index contributed by atoms with van der Waals surface area (Å²) in [6.07, 6.45) is 0. The van der Waals surface area contributed by atoms with Crippen molar-refractivity contribution in [3.63, 3.8) is 0 Å². The Bertz CT molecular complexity index is 402. The van der Waals surface area contributed by atoms with Crippen LogP contribution in [0.5, 0.6) is 5.75 Å². The van der Waals surface area contributed by atoms with Gasteiger partial charge in [0.2, 0.25) is 5.91 Å². The number of benzene rings is 1. The maximum absolute atomic E-state index is 10.6. The zero-order valence-corrected chi connectivity index (χ0v) is 9.08. The lowest BCUT2D eigenvalue weighted by Gasteiger charge is -2.03. The maximum Gasteiger partial charge on any atom is 0.244 e. The van der Waals surface area contributed by atoms with E-state index in [-0.39, 0.29) is 11.6 Å². The molecule has 5 heteroatoms. The van der Waals surface area contributed by atoms with E-state index in [1.54, 1.807) is 12.1 Å². The van der Waals surface area contributed by atoms with Gasteiger partial charge in [0.25, 0.3) is 0 Å². The fourth-order valence-corrected chi connectivity index (χ4v) is 1.30. The zero-order chi connectivity index (χ0) is 10.7. The van der Waals surface area contributed by atoms with Crippen LogP contribution in [0.15, 0.2) is 27.7 Å². The fraction of sp³-hybridized carbons (Fsp3) is 0.111. The summed E-state index contributed by atoms with van der Waals surface area (Å²) in [6, 6.07) is 4.77. The van der Waals surface area contributed by atoms with Crippen molar-refractivity contribution < 1.29 is 9.90 Å². The van der Waals surface area contributed by atoms with Gasteiger partial charge in [0.1, 0.15) is 11.6 Å². The molecule has 0 saturated carbocycles. The Kier molecular flexibility index (Phi) is 3.24. The normalized spacial score (nSPS) is 11.4. The van der Waals surface area contributed by atoms with Crippen molar-refractivity contribution in [2.75, 3.05) is 0 Å². The minimum Gasteiger partial charge on any atom is -0.507 e. The summed E-state index contributed by atoms with van der Waals surface area (Å²) in [7, 11) is 0. The molecular weight excluding hydrogens is 248 g/mol. The predicted octanol–water partition coefficient (Wildman–Crippen LogP) is 1.41. The molecule has 0 saturated heterocycles. The molecule has 0 radical (unpaired) electrons. The Labute approximate surface area is 89.6 Å². The highest BCUT2D eigenvalue weighted by atomic mass is 79.9. The highest BCUT2D eigenvalue weighted by molar-refractivity contribution is 9.10. The lowest BCUT2D eigenvalue weighted by Crippen LogP contribution is -2.15. The monoisotopic (exact) mass is 256 g/mol. The SMILES string of the molecule is CC(=O)N=C(N)c1ccc(Br)cc1O. The van der Waals surface area contributed by atoms with E-state index in [0.29, 0.717) is 5.56 Å². The topological polar surface area (TPSA) is 75.7 Å². The predicted molar refractivity (Wildman–Crippen MR) is 57.2 cm³/mol. The van der Waals surface area contributed by atoms with E-state index in [1.165, 1.54) is 13.0 Å². The number of halogens is 1. The molecule has 0 spiro atoms. The first kappa shape index (κ1) is 10.7. The fourth-order valence-electron chi connectivity index (χ4n) is 0.951. The molecule has 0 fully saturated rings. The second-order valence-corrected chi connectivity index (χ2v) is 3.59. The smallest absolute Gasteiger partial charge is 0.244 e. The number of hydrogen-bond donors (Lipinski definition) is 2. The van der Waals surface area contributed by atoms with E-state index in [1.807, 2.05) is 0 Å². The second-order valence-electron chi connectivity index (χ2n) is 2.68. The molecule has 0 atom stereocenters. The standard InChI is InChI=1S/C9H9BrN2O2/c1-5(13)12-9(11)7-3-2-6(10)4-8(7)14/h2-4,14H,1H3,(H2,11,12,13). The van der Waals surface area contributed by atoms with Crippen LogP contribution in [0, 0.1) is 0 Å². The highest BCUT2D eigenvalue weighted by Crippen LogP contribution is 2.21. The minimum atomic E-state index is -0.398. The Hall–Kier alpha value is -1.36. The molecule has 0 aliphatic heterocycles. The molecule has 0 aromatic heterocycles. The second kappa shape index (κ2) is 4.23. The number of nitrogens with two attached hydrogens (primary N) is 1. The van der Waals surface area contributed by atoms with Gasteiger partial charge in [-0.3, -0.25) is 4.79 Å². The molecule has 1 rings (SSSR count). The van der Waals surface area contributed by atoms with Crippen LogP contribution in [0.4, 0.5) is 0 Å². The number of aromatic hydroxyl groups is 1. The van der Waals surface area contributed by atoms with Crippen LogP contribution < -0.4 is 5.73 Å². The van der Waals surface area contributed by atoms with Crippen LogP contribution >= 0.6 is 15.9 Å². The first-order chi connectivity index (χ1) is 6.50. The van der Waals surface area contributed by atoms with Crippen LogP contribution in [0.2, 0.25) is 0 Å². The number of aliphatic imine (C=N–C) groups is 1. The largest absolute Gasteiger partial charge is 0.507 e. The van der Waals surface area contributed by atoms with E-state index in [2.05, 4.69) is 20.9 Å². The van der Waals surface area contributed by atoms with Gasteiger partial charge in [-0.05, 0) is 18.2 Å². The third kappa shape index (κ3) is 2.56. The summed E-state index contributed by atoms with van der Waals surface area (Å²) in [6.45, 7) is 1.29. The molecule has 74 valence electrons. The number of carbonyl (C=O) groups is 1. The van der Waals surface area contributed by atoms with E-state index in [9.17, 15) is 9.90 Å². The molecule has 0 aliphatic rings. The number of carbonyl (C=O) groups excluding carboxylic acids is 1. The average molecular weight is 257 g/mol. The van der Waals surface area contributed by atoms with Crippen LogP contribution in [0.25, 0.3) is 0 Å². The molecule has 3 N–H and O–H groups in total. The van der Waals surface area contributed by atoms with E-state index in [0.717, 1.165) is 4.47 Å². The number of rotatable bonds is 1. The number of hydrogen-bond acceptors (Lipinski definition) is 2. The van der Waals surface area contributed by atoms with Crippen molar-refractivity contribution in [2.45, 2.75) is 6.92 Å². The van der Waals surface area contributed by atoms with Crippen molar-refractivity contribution in [2.24, 2.45) is 10.7 Å². The van der Waals surface area contributed by atoms with Crippen molar-refractivity contribution in [1.82, 2.24) is 0 Å². The Morgan fingerprint density at radius 1 is 1.57 bits per heavy atom. The Morgan fingerprint density at radius 2 is 2.21 bits per heavy atom. The molecule has 1 aromatic carbocycles. The molecule has 0 heterocycles. The van der Waals surface area contributed by atoms with Gasteiger partial charge in [0.05, 0.1) is 5.56 Å². The van der Waals surface area contributed by atoms with E-state index >= 15 is 0 Å². The first-order valence-electron chi connectivity index (χ1n) is 3.84. The molecule has 1 aromatic rings. The van der Waals surface area contributed by atoms with Crippen LogP contribution in [-0.4, -0.2) is 16.8 Å². The third-order valence-electron chi connectivity index (χ3n) is 1.51. The average Bonchev–Trinajstić information content (AvgIpc) is 2.01. The summed E-state index contributed by atoms with van der Waals surface area (Å²) in [5, 5.41) is 9.47. The first-order valence-corrected chi connectivity index (χ1v) is 4.63. The molecule has 0 unspecified atom stereocenters. The zero-order valence-electron chi connectivity index (χ0n) is 7.49. The van der Waals surface area contributed by atoms with Gasteiger partial charge in [0, 0.05) is 11.4 Å². The van der Waals surface area contributed by atoms with Gasteiger partial charge in [-0.25, -0.2) is 0 Å². The van der Waals surface area contributed by atoms with Gasteiger partial charge >= 0.3 is 0 Å². The van der Waals surface area contributed by atoms with E-state index < -0.39 is 5.91 Å². The van der Waals surface area contributed by atoms with Crippen LogP contribution in [0.3, 0.4) is 0 Å². The van der Waals surface area contributed by atoms with Gasteiger partial charge in [0.15, 0.2) is 0 Å². The van der Waals surface area contributed by atoms with Gasteiger partial charge in [-0.1, -0.05) is 15.9 Å². The molecule has 4 nitrogen and oxygen atoms in total. The summed E-state index contributed by atoms with van der Waals surface area (Å²) in [5.74, 6) is -0.394. The number of amides is 1. The third-order valence-corrected chi connectivity index (χ3v) is 2.01. The van der Waals surface area contributed by atoms with Crippen LogP contribution in [-0.2, 0) is 4.79 Å². The lowest BCUT2D eigenvalue weighted by atomic mass is 10.2. The Morgan fingerprint density at radius 3 is 2.71 bits per heavy atom. The molecule has 14 heavy (non-hydrogen) atoms. The highest BCUT2D eigenvalue weighted by Gasteiger charge is 2.06. The van der Waals surface area contributed by atoms with E-state index in [4.69, 9.17) is 5.73 Å². The van der Waals surface area contributed by atoms with Crippen molar-refractivity contribution in [3.8, 4) is 5.75 Å². The summed E-state index contributed by atoms with van der Waals surface area (Å²) in [4.78, 5) is 14.2. The molecule has 1 amide bonds. The number of nitrogens with zero attached hydrogens (tertiary/aromatic N) is 1. The maximum atomic E-state index is 10.6. The quantitative estimate of drug-likeness (QED) is 0.589. The summed E-state index contributed by atoms with van der Waals surface area (Å²) < 4.78 is 0.731. The van der Waals surface area contributed by atoms with Crippen LogP contribution in [0.1, 0.15) is 12.5 Å². The van der Waals surface area contributed by atoms with Gasteiger partial charge < -0.3 is 10.8 Å².